The van der Waals surface area contributed by atoms with Crippen LogP contribution < -0.4 is 0 Å². The Bertz CT molecular complexity index is 682. The van der Waals surface area contributed by atoms with Crippen LogP contribution in [0.5, 0.6) is 0 Å². The van der Waals surface area contributed by atoms with Crippen molar-refractivity contribution < 1.29 is 14.7 Å². The first-order valence-corrected chi connectivity index (χ1v) is 11.1. The van der Waals surface area contributed by atoms with Crippen LogP contribution in [0.1, 0.15) is 79.6 Å². The van der Waals surface area contributed by atoms with Crippen molar-refractivity contribution in [3.05, 3.63) is 23.3 Å². The second kappa shape index (κ2) is 7.89. The molecule has 3 rings (SSSR count). The standard InChI is InChI=1S/C25H38O3/c1-16(2)7-6-8-17(3)19-11-12-24(4)13-21-23(22(27)14-25(21,5)28)18(15-26)9-10-20(19)24/h7,9,15,17,19-21,23,28H,6,8,10-14H2,1-5H3/b18-9-/t17-,19?,20-,21-,23+,24+,25+/m0/s1. The van der Waals surface area contributed by atoms with E-state index in [1.165, 1.54) is 18.4 Å². The van der Waals surface area contributed by atoms with Gasteiger partial charge in [-0.05, 0) is 88.0 Å². The van der Waals surface area contributed by atoms with E-state index in [9.17, 15) is 14.7 Å². The number of carbonyl (C=O) groups excluding carboxylic acids is 2. The van der Waals surface area contributed by atoms with Gasteiger partial charge in [0.25, 0.3) is 0 Å². The van der Waals surface area contributed by atoms with E-state index in [0.29, 0.717) is 23.3 Å². The molecule has 0 heterocycles. The van der Waals surface area contributed by atoms with Crippen molar-refractivity contribution in [2.45, 2.75) is 85.2 Å². The number of aliphatic hydroxyl groups is 1. The Hall–Kier alpha value is -1.22. The molecule has 1 N–H and O–H groups in total. The van der Waals surface area contributed by atoms with Gasteiger partial charge in [0.05, 0.1) is 11.5 Å². The molecule has 3 aliphatic rings. The number of hydrogen-bond donors (Lipinski definition) is 1. The van der Waals surface area contributed by atoms with Gasteiger partial charge in [0, 0.05) is 12.3 Å². The summed E-state index contributed by atoms with van der Waals surface area (Å²) in [5, 5.41) is 11.0. The third-order valence-electron chi connectivity index (χ3n) is 8.24. The number of carbonyl (C=O) groups is 2. The van der Waals surface area contributed by atoms with E-state index in [1.807, 2.05) is 6.08 Å². The van der Waals surface area contributed by atoms with Crippen molar-refractivity contribution in [3.8, 4) is 0 Å². The highest BCUT2D eigenvalue weighted by molar-refractivity contribution is 5.94. The topological polar surface area (TPSA) is 54.4 Å². The lowest BCUT2D eigenvalue weighted by molar-refractivity contribution is -0.121. The largest absolute Gasteiger partial charge is 0.389 e. The number of allylic oxidation sites excluding steroid dienone is 4. The Labute approximate surface area is 170 Å². The summed E-state index contributed by atoms with van der Waals surface area (Å²) in [6.07, 6.45) is 11.9. The summed E-state index contributed by atoms with van der Waals surface area (Å²) in [5.74, 6) is 1.33. The van der Waals surface area contributed by atoms with E-state index in [1.54, 1.807) is 6.92 Å². The molecular formula is C25H38O3. The van der Waals surface area contributed by atoms with Crippen LogP contribution in [-0.4, -0.2) is 22.8 Å². The van der Waals surface area contributed by atoms with Crippen molar-refractivity contribution in [3.63, 3.8) is 0 Å². The van der Waals surface area contributed by atoms with Gasteiger partial charge in [-0.25, -0.2) is 0 Å². The molecule has 3 aliphatic carbocycles. The fourth-order valence-electron chi connectivity index (χ4n) is 6.59. The monoisotopic (exact) mass is 386 g/mol. The predicted molar refractivity (Wildman–Crippen MR) is 113 cm³/mol. The van der Waals surface area contributed by atoms with E-state index in [-0.39, 0.29) is 23.5 Å². The number of rotatable bonds is 5. The molecule has 3 nitrogen and oxygen atoms in total. The third kappa shape index (κ3) is 3.92. The molecule has 0 radical (unpaired) electrons. The van der Waals surface area contributed by atoms with Gasteiger partial charge in [0.1, 0.15) is 12.1 Å². The average molecular weight is 387 g/mol. The summed E-state index contributed by atoms with van der Waals surface area (Å²) < 4.78 is 0. The zero-order chi connectivity index (χ0) is 20.7. The lowest BCUT2D eigenvalue weighted by Gasteiger charge is -2.42. The first-order chi connectivity index (χ1) is 13.1. The fraction of sp³-hybridized carbons (Fsp3) is 0.760. The molecule has 2 saturated carbocycles. The van der Waals surface area contributed by atoms with Crippen molar-refractivity contribution in [1.29, 1.82) is 0 Å². The molecule has 0 saturated heterocycles. The number of hydrogen-bond acceptors (Lipinski definition) is 3. The maximum atomic E-state index is 12.6. The molecule has 0 bridgehead atoms. The Balaban J connectivity index is 1.87. The maximum absolute atomic E-state index is 12.6. The lowest BCUT2D eigenvalue weighted by atomic mass is 9.62. The fourth-order valence-corrected chi connectivity index (χ4v) is 6.59. The smallest absolute Gasteiger partial charge is 0.146 e. The summed E-state index contributed by atoms with van der Waals surface area (Å²) in [6.45, 7) is 10.9. The molecule has 0 aliphatic heterocycles. The second-order valence-corrected chi connectivity index (χ2v) is 10.6. The van der Waals surface area contributed by atoms with Crippen molar-refractivity contribution >= 4 is 12.1 Å². The van der Waals surface area contributed by atoms with Crippen LogP contribution in [0.2, 0.25) is 0 Å². The molecule has 2 fully saturated rings. The van der Waals surface area contributed by atoms with Crippen LogP contribution in [0, 0.1) is 35.0 Å². The Morgan fingerprint density at radius 2 is 2.04 bits per heavy atom. The predicted octanol–water partition coefficient (Wildman–Crippen LogP) is 5.28. The molecule has 0 aromatic heterocycles. The molecule has 0 aromatic rings. The molecule has 0 amide bonds. The molecule has 28 heavy (non-hydrogen) atoms. The van der Waals surface area contributed by atoms with E-state index in [4.69, 9.17) is 0 Å². The normalized spacial score (nSPS) is 43.2. The van der Waals surface area contributed by atoms with Crippen LogP contribution in [-0.2, 0) is 9.59 Å². The van der Waals surface area contributed by atoms with Gasteiger partial charge in [-0.3, -0.25) is 9.59 Å². The molecule has 156 valence electrons. The summed E-state index contributed by atoms with van der Waals surface area (Å²) in [6, 6.07) is 0. The van der Waals surface area contributed by atoms with Crippen LogP contribution in [0.3, 0.4) is 0 Å². The van der Waals surface area contributed by atoms with Crippen molar-refractivity contribution in [2.75, 3.05) is 0 Å². The first-order valence-electron chi connectivity index (χ1n) is 11.1. The Morgan fingerprint density at radius 3 is 2.68 bits per heavy atom. The highest BCUT2D eigenvalue weighted by Gasteiger charge is 2.56. The van der Waals surface area contributed by atoms with Gasteiger partial charge in [-0.1, -0.05) is 31.6 Å². The van der Waals surface area contributed by atoms with Gasteiger partial charge in [0.15, 0.2) is 0 Å². The minimum absolute atomic E-state index is 0.0417. The number of Topliss-reactive ketones (excluding diaryl/α,β-unsaturated/α-hetero) is 1. The lowest BCUT2D eigenvalue weighted by Crippen LogP contribution is -2.40. The van der Waals surface area contributed by atoms with Gasteiger partial charge in [0.2, 0.25) is 0 Å². The molecule has 0 spiro atoms. The first kappa shape index (κ1) is 21.5. The average Bonchev–Trinajstić information content (AvgIpc) is 3.01. The summed E-state index contributed by atoms with van der Waals surface area (Å²) in [7, 11) is 0. The van der Waals surface area contributed by atoms with Crippen LogP contribution in [0.4, 0.5) is 0 Å². The summed E-state index contributed by atoms with van der Waals surface area (Å²) >= 11 is 0. The van der Waals surface area contributed by atoms with E-state index < -0.39 is 11.5 Å². The minimum atomic E-state index is -0.998. The quantitative estimate of drug-likeness (QED) is 0.517. The van der Waals surface area contributed by atoms with Gasteiger partial charge < -0.3 is 5.11 Å². The Morgan fingerprint density at radius 1 is 1.32 bits per heavy atom. The highest BCUT2D eigenvalue weighted by atomic mass is 16.3. The van der Waals surface area contributed by atoms with Crippen LogP contribution >= 0.6 is 0 Å². The van der Waals surface area contributed by atoms with Crippen molar-refractivity contribution in [1.82, 2.24) is 0 Å². The van der Waals surface area contributed by atoms with E-state index >= 15 is 0 Å². The Kier molecular flexibility index (Phi) is 6.06. The summed E-state index contributed by atoms with van der Waals surface area (Å²) in [4.78, 5) is 24.4. The third-order valence-corrected chi connectivity index (χ3v) is 8.24. The van der Waals surface area contributed by atoms with E-state index in [2.05, 4.69) is 33.8 Å². The van der Waals surface area contributed by atoms with Crippen molar-refractivity contribution in [2.24, 2.45) is 35.0 Å². The maximum Gasteiger partial charge on any atom is 0.146 e. The molecule has 7 atom stereocenters. The molecule has 0 aromatic carbocycles. The van der Waals surface area contributed by atoms with Crippen LogP contribution in [0.25, 0.3) is 0 Å². The molecule has 1 unspecified atom stereocenters. The van der Waals surface area contributed by atoms with Gasteiger partial charge in [-0.2, -0.15) is 0 Å². The van der Waals surface area contributed by atoms with E-state index in [0.717, 1.165) is 32.0 Å². The summed E-state index contributed by atoms with van der Waals surface area (Å²) in [5.41, 5.74) is 1.14. The van der Waals surface area contributed by atoms with Crippen LogP contribution in [0.15, 0.2) is 23.3 Å². The van der Waals surface area contributed by atoms with Gasteiger partial charge in [-0.15, -0.1) is 0 Å². The zero-order valence-electron chi connectivity index (χ0n) is 18.3. The second-order valence-electron chi connectivity index (χ2n) is 10.6. The SMILES string of the molecule is CC(C)=CCC[C@H](C)C1CC[C@]2(C)C[C@H]3[C@H](C(=O)C[C@@]3(C)O)/C(C=O)=C\C[C@@H]12. The number of ketones is 1. The highest BCUT2D eigenvalue weighted by Crippen LogP contribution is 2.59. The number of fused-ring (bicyclic) bond motifs is 2. The van der Waals surface area contributed by atoms with Gasteiger partial charge >= 0.3 is 0 Å². The number of aldehydes is 1. The molecular weight excluding hydrogens is 348 g/mol. The minimum Gasteiger partial charge on any atom is -0.389 e. The molecule has 3 heteroatoms. The zero-order valence-corrected chi connectivity index (χ0v) is 18.3.